The van der Waals surface area contributed by atoms with Gasteiger partial charge in [-0.05, 0) is 65.8 Å². The Bertz CT molecular complexity index is 2100. The molecule has 4 atom stereocenters. The number of nitrogens with one attached hydrogen (secondary N) is 4. The first-order valence-corrected chi connectivity index (χ1v) is 19.7. The molecule has 8 rings (SSSR count). The summed E-state index contributed by atoms with van der Waals surface area (Å²) in [7, 11) is 0. The largest absolute Gasteiger partial charge is 0.342 e. The van der Waals surface area contributed by atoms with E-state index in [1.807, 2.05) is 49.9 Å². The van der Waals surface area contributed by atoms with Crippen molar-refractivity contribution in [2.24, 2.45) is 11.8 Å². The average Bonchev–Trinajstić information content (AvgIpc) is 4.03. The van der Waals surface area contributed by atoms with Gasteiger partial charge in [0.1, 0.15) is 17.7 Å². The van der Waals surface area contributed by atoms with E-state index in [0.717, 1.165) is 71.0 Å². The molecule has 0 spiro atoms. The van der Waals surface area contributed by atoms with E-state index in [9.17, 15) is 9.59 Å². The second kappa shape index (κ2) is 16.3. The molecule has 14 heteroatoms. The number of carbonyl (C=O) groups is 2. The van der Waals surface area contributed by atoms with Crippen LogP contribution in [0.5, 0.6) is 0 Å². The van der Waals surface area contributed by atoms with E-state index in [-0.39, 0.29) is 42.5 Å². The van der Waals surface area contributed by atoms with Gasteiger partial charge in [0.25, 0.3) is 0 Å². The minimum atomic E-state index is -0.537. The van der Waals surface area contributed by atoms with Gasteiger partial charge in [-0.15, -0.1) is 0 Å². The van der Waals surface area contributed by atoms with Crippen molar-refractivity contribution in [2.45, 2.75) is 84.0 Å². The maximum atomic E-state index is 13.8. The Morgan fingerprint density at radius 1 is 0.679 bits per heavy atom. The number of rotatable bonds is 13. The molecule has 0 saturated carbocycles. The van der Waals surface area contributed by atoms with E-state index in [2.05, 4.69) is 79.1 Å². The lowest BCUT2D eigenvalue weighted by Crippen LogP contribution is -2.56. The van der Waals surface area contributed by atoms with E-state index in [4.69, 9.17) is 19.4 Å². The van der Waals surface area contributed by atoms with Crippen molar-refractivity contribution >= 4 is 17.8 Å². The van der Waals surface area contributed by atoms with Crippen molar-refractivity contribution < 1.29 is 19.1 Å². The minimum absolute atomic E-state index is 0.0305. The number of H-pyrrole nitrogens is 2. The molecular formula is C42H50N10O4. The molecule has 3 aromatic heterocycles. The number of ether oxygens (including phenoxy) is 2. The number of nitrogens with zero attached hydrogens (tertiary/aromatic N) is 6. The van der Waals surface area contributed by atoms with Crippen molar-refractivity contribution in [3.63, 3.8) is 0 Å². The fraction of sp³-hybridized carbons (Fsp3) is 0.429. The maximum absolute atomic E-state index is 13.8. The molecule has 3 fully saturated rings. The summed E-state index contributed by atoms with van der Waals surface area (Å²) >= 11 is 0. The van der Waals surface area contributed by atoms with Gasteiger partial charge >= 0.3 is 0 Å². The molecule has 0 bridgehead atoms. The van der Waals surface area contributed by atoms with Crippen LogP contribution in [0.4, 0.5) is 5.95 Å². The number of anilines is 1. The number of hydrogen-bond acceptors (Lipinski definition) is 10. The lowest BCUT2D eigenvalue weighted by Gasteiger charge is -2.35. The van der Waals surface area contributed by atoms with Crippen LogP contribution in [0.1, 0.15) is 77.1 Å². The van der Waals surface area contributed by atoms with Crippen molar-refractivity contribution in [3.8, 4) is 33.6 Å². The van der Waals surface area contributed by atoms with Crippen LogP contribution in [0.25, 0.3) is 33.6 Å². The fourth-order valence-corrected chi connectivity index (χ4v) is 7.93. The summed E-state index contributed by atoms with van der Waals surface area (Å²) in [4.78, 5) is 56.4. The highest BCUT2D eigenvalue weighted by Crippen LogP contribution is 2.35. The monoisotopic (exact) mass is 758 g/mol. The number of imidazole rings is 2. The zero-order chi connectivity index (χ0) is 38.8. The van der Waals surface area contributed by atoms with Crippen molar-refractivity contribution in [1.29, 1.82) is 0 Å². The SMILES string of the molecule is CC(C)[C@H](NC1OCO1)C(=O)N1CCC[C@H]1c1ncc(-c2ccc(-c3ccc(-c4cnc([C@@H]5CCCN5C(=O)[C@H](Nc5ncccn5)C(C)C)[nH]4)cc3)cc2)[nH]1. The lowest BCUT2D eigenvalue weighted by atomic mass is 10.0. The molecule has 3 saturated heterocycles. The Balaban J connectivity index is 0.909. The molecule has 4 N–H and O–H groups in total. The Morgan fingerprint density at radius 2 is 1.14 bits per heavy atom. The smallest absolute Gasteiger partial charge is 0.246 e. The molecule has 292 valence electrons. The van der Waals surface area contributed by atoms with Crippen molar-refractivity contribution in [3.05, 3.63) is 91.0 Å². The number of hydrogen-bond donors (Lipinski definition) is 4. The topological polar surface area (TPSA) is 166 Å². The molecule has 0 aliphatic carbocycles. The van der Waals surface area contributed by atoms with E-state index in [1.54, 1.807) is 18.5 Å². The van der Waals surface area contributed by atoms with E-state index in [0.29, 0.717) is 19.0 Å². The number of aromatic nitrogens is 6. The molecule has 2 aromatic carbocycles. The predicted molar refractivity (Wildman–Crippen MR) is 211 cm³/mol. The second-order valence-electron chi connectivity index (χ2n) is 15.5. The first kappa shape index (κ1) is 37.5. The number of amides is 2. The molecule has 14 nitrogen and oxygen atoms in total. The van der Waals surface area contributed by atoms with Crippen LogP contribution in [0.3, 0.4) is 0 Å². The summed E-state index contributed by atoms with van der Waals surface area (Å²) in [5.41, 5.74) is 6.06. The van der Waals surface area contributed by atoms with Crippen molar-refractivity contribution in [2.75, 3.05) is 25.2 Å². The third-order valence-electron chi connectivity index (χ3n) is 11.1. The summed E-state index contributed by atoms with van der Waals surface area (Å²) in [6.07, 6.45) is 10.1. The van der Waals surface area contributed by atoms with Crippen LogP contribution in [-0.4, -0.2) is 89.9 Å². The van der Waals surface area contributed by atoms with Gasteiger partial charge in [-0.25, -0.2) is 19.9 Å². The summed E-state index contributed by atoms with van der Waals surface area (Å²) in [5, 5.41) is 6.45. The summed E-state index contributed by atoms with van der Waals surface area (Å²) < 4.78 is 10.7. The predicted octanol–water partition coefficient (Wildman–Crippen LogP) is 6.29. The highest BCUT2D eigenvalue weighted by Gasteiger charge is 2.39. The molecular weight excluding hydrogens is 709 g/mol. The van der Waals surface area contributed by atoms with Crippen LogP contribution >= 0.6 is 0 Å². The van der Waals surface area contributed by atoms with Crippen LogP contribution in [0, 0.1) is 11.8 Å². The first-order chi connectivity index (χ1) is 27.2. The highest BCUT2D eigenvalue weighted by atomic mass is 16.9. The lowest BCUT2D eigenvalue weighted by molar-refractivity contribution is -0.335. The summed E-state index contributed by atoms with van der Waals surface area (Å²) in [6, 6.07) is 17.5. The molecule has 5 aromatic rings. The standard InChI is InChI=1S/C42H50N10O4/c1-25(2)35(49-41-43-18-7-19-44-41)39(53)51-20-5-8-33(51)37-45-22-31(47-37)29-14-10-27(11-15-29)28-12-16-30(17-13-28)32-23-46-38(48-32)34-9-6-21-52(34)40(54)36(26(3)4)50-42-55-24-56-42/h7,10-19,22-23,25-26,33-36,42,50H,5-6,8-9,20-21,24H2,1-4H3,(H,45,47)(H,46,48)(H,43,44,49)/t33-,34-,35+,36-/m0/s1. The van der Waals surface area contributed by atoms with Gasteiger partial charge in [0.2, 0.25) is 24.2 Å². The van der Waals surface area contributed by atoms with Crippen LogP contribution < -0.4 is 10.6 Å². The number of carbonyl (C=O) groups excluding carboxylic acids is 2. The van der Waals surface area contributed by atoms with E-state index >= 15 is 0 Å². The third-order valence-corrected chi connectivity index (χ3v) is 11.1. The Morgan fingerprint density at radius 3 is 1.59 bits per heavy atom. The van der Waals surface area contributed by atoms with E-state index in [1.165, 1.54) is 0 Å². The van der Waals surface area contributed by atoms with Gasteiger partial charge in [-0.3, -0.25) is 14.9 Å². The molecule has 3 aliphatic heterocycles. The second-order valence-corrected chi connectivity index (χ2v) is 15.5. The molecule has 6 heterocycles. The third kappa shape index (κ3) is 7.81. The van der Waals surface area contributed by atoms with Gasteiger partial charge < -0.3 is 34.6 Å². The van der Waals surface area contributed by atoms with Gasteiger partial charge in [0.15, 0.2) is 6.79 Å². The fourth-order valence-electron chi connectivity index (χ4n) is 7.93. The van der Waals surface area contributed by atoms with Gasteiger partial charge in [-0.2, -0.15) is 0 Å². The van der Waals surface area contributed by atoms with Crippen LogP contribution in [-0.2, 0) is 19.1 Å². The highest BCUT2D eigenvalue weighted by molar-refractivity contribution is 5.85. The quantitative estimate of drug-likeness (QED) is 0.107. The number of aromatic amines is 2. The molecule has 56 heavy (non-hydrogen) atoms. The van der Waals surface area contributed by atoms with Crippen LogP contribution in [0.2, 0.25) is 0 Å². The summed E-state index contributed by atoms with van der Waals surface area (Å²) in [6.45, 7) is 9.73. The van der Waals surface area contributed by atoms with Gasteiger partial charge in [0, 0.05) is 25.5 Å². The zero-order valence-corrected chi connectivity index (χ0v) is 32.3. The van der Waals surface area contributed by atoms with Gasteiger partial charge in [0.05, 0.1) is 41.9 Å². The first-order valence-electron chi connectivity index (χ1n) is 19.7. The Labute approximate surface area is 326 Å². The Hall–Kier alpha value is -5.44. The molecule has 0 radical (unpaired) electrons. The Kier molecular flexibility index (Phi) is 10.9. The zero-order valence-electron chi connectivity index (χ0n) is 32.3. The number of likely N-dealkylation sites (tertiary alicyclic amines) is 2. The van der Waals surface area contributed by atoms with E-state index < -0.39 is 18.5 Å². The summed E-state index contributed by atoms with van der Waals surface area (Å²) in [5.74, 6) is 2.24. The minimum Gasteiger partial charge on any atom is -0.342 e. The molecule has 2 amide bonds. The maximum Gasteiger partial charge on any atom is 0.246 e. The average molecular weight is 759 g/mol. The molecule has 3 aliphatic rings. The van der Waals surface area contributed by atoms with Crippen molar-refractivity contribution in [1.82, 2.24) is 45.0 Å². The number of benzene rings is 2. The van der Waals surface area contributed by atoms with Crippen LogP contribution in [0.15, 0.2) is 79.4 Å². The normalized spacial score (nSPS) is 19.8. The molecule has 0 unspecified atom stereocenters. The van der Waals surface area contributed by atoms with Gasteiger partial charge in [-0.1, -0.05) is 76.2 Å².